The molecule has 1 saturated carbocycles. The van der Waals surface area contributed by atoms with Gasteiger partial charge in [0.1, 0.15) is 0 Å². The SMILES string of the molecule is CC1(C)CCCC1Nc1ccccc1-c1cccs1. The molecule has 1 atom stereocenters. The van der Waals surface area contributed by atoms with Gasteiger partial charge in [0.05, 0.1) is 0 Å². The fourth-order valence-electron chi connectivity index (χ4n) is 3.04. The maximum atomic E-state index is 3.79. The summed E-state index contributed by atoms with van der Waals surface area (Å²) in [6.07, 6.45) is 3.95. The molecule has 1 heterocycles. The predicted molar refractivity (Wildman–Crippen MR) is 84.8 cm³/mol. The number of benzene rings is 1. The molecule has 1 aliphatic carbocycles. The minimum absolute atomic E-state index is 0.405. The molecule has 0 aliphatic heterocycles. The van der Waals surface area contributed by atoms with Crippen LogP contribution in [-0.2, 0) is 0 Å². The fraction of sp³-hybridized carbons (Fsp3) is 0.412. The van der Waals surface area contributed by atoms with Crippen molar-refractivity contribution in [2.75, 3.05) is 5.32 Å². The van der Waals surface area contributed by atoms with Crippen LogP contribution in [0, 0.1) is 5.41 Å². The number of thiophene rings is 1. The summed E-state index contributed by atoms with van der Waals surface area (Å²) in [7, 11) is 0. The summed E-state index contributed by atoms with van der Waals surface area (Å²) < 4.78 is 0. The van der Waals surface area contributed by atoms with Crippen LogP contribution in [0.5, 0.6) is 0 Å². The van der Waals surface area contributed by atoms with Crippen LogP contribution < -0.4 is 5.32 Å². The van der Waals surface area contributed by atoms with Gasteiger partial charge in [-0.25, -0.2) is 0 Å². The molecule has 100 valence electrons. The summed E-state index contributed by atoms with van der Waals surface area (Å²) in [5.74, 6) is 0. The third-order valence-corrected chi connectivity index (χ3v) is 5.20. The molecule has 0 saturated heterocycles. The Morgan fingerprint density at radius 2 is 2.00 bits per heavy atom. The molecule has 1 aliphatic rings. The zero-order valence-corrected chi connectivity index (χ0v) is 12.5. The number of hydrogen-bond acceptors (Lipinski definition) is 2. The number of nitrogens with one attached hydrogen (secondary N) is 1. The molecule has 1 unspecified atom stereocenters. The van der Waals surface area contributed by atoms with Crippen molar-refractivity contribution >= 4 is 17.0 Å². The second kappa shape index (κ2) is 5.01. The van der Waals surface area contributed by atoms with Crippen molar-refractivity contribution < 1.29 is 0 Å². The Bertz CT molecular complexity index is 542. The maximum Gasteiger partial charge on any atom is 0.0430 e. The first kappa shape index (κ1) is 12.7. The largest absolute Gasteiger partial charge is 0.381 e. The van der Waals surface area contributed by atoms with Gasteiger partial charge in [0.15, 0.2) is 0 Å². The zero-order chi connectivity index (χ0) is 13.3. The highest BCUT2D eigenvalue weighted by Crippen LogP contribution is 2.41. The quantitative estimate of drug-likeness (QED) is 0.787. The van der Waals surface area contributed by atoms with E-state index >= 15 is 0 Å². The second-order valence-corrected chi connectivity index (χ2v) is 7.05. The van der Waals surface area contributed by atoms with Gasteiger partial charge >= 0.3 is 0 Å². The molecule has 0 amide bonds. The third-order valence-electron chi connectivity index (χ3n) is 4.30. The standard InChI is InChI=1S/C17H21NS/c1-17(2)11-5-10-16(17)18-14-8-4-3-7-13(14)15-9-6-12-19-15/h3-4,6-9,12,16,18H,5,10-11H2,1-2H3. The molecule has 1 fully saturated rings. The Labute approximate surface area is 119 Å². The first-order valence-electron chi connectivity index (χ1n) is 7.06. The van der Waals surface area contributed by atoms with E-state index in [0.717, 1.165) is 0 Å². The smallest absolute Gasteiger partial charge is 0.0430 e. The summed E-state index contributed by atoms with van der Waals surface area (Å²) in [6, 6.07) is 13.6. The highest BCUT2D eigenvalue weighted by molar-refractivity contribution is 7.13. The summed E-state index contributed by atoms with van der Waals surface area (Å²) in [4.78, 5) is 1.35. The molecule has 2 aromatic rings. The van der Waals surface area contributed by atoms with Crippen molar-refractivity contribution in [3.05, 3.63) is 41.8 Å². The average Bonchev–Trinajstić information content (AvgIpc) is 3.01. The summed E-state index contributed by atoms with van der Waals surface area (Å²) >= 11 is 1.81. The van der Waals surface area contributed by atoms with Gasteiger partial charge in [-0.1, -0.05) is 44.5 Å². The second-order valence-electron chi connectivity index (χ2n) is 6.10. The molecular formula is C17H21NS. The van der Waals surface area contributed by atoms with Gasteiger partial charge in [0.2, 0.25) is 0 Å². The molecule has 19 heavy (non-hydrogen) atoms. The summed E-state index contributed by atoms with van der Waals surface area (Å²) in [6.45, 7) is 4.76. The lowest BCUT2D eigenvalue weighted by Crippen LogP contribution is -2.30. The predicted octanol–water partition coefficient (Wildman–Crippen LogP) is 5.41. The van der Waals surface area contributed by atoms with E-state index < -0.39 is 0 Å². The van der Waals surface area contributed by atoms with Crippen molar-refractivity contribution in [1.82, 2.24) is 0 Å². The van der Waals surface area contributed by atoms with Crippen molar-refractivity contribution in [1.29, 1.82) is 0 Å². The molecule has 0 bridgehead atoms. The van der Waals surface area contributed by atoms with E-state index in [9.17, 15) is 0 Å². The van der Waals surface area contributed by atoms with Crippen LogP contribution in [-0.4, -0.2) is 6.04 Å². The van der Waals surface area contributed by atoms with Gasteiger partial charge < -0.3 is 5.32 Å². The van der Waals surface area contributed by atoms with Gasteiger partial charge in [-0.2, -0.15) is 0 Å². The molecule has 1 nitrogen and oxygen atoms in total. The first-order valence-corrected chi connectivity index (χ1v) is 7.94. The van der Waals surface area contributed by atoms with E-state index in [1.54, 1.807) is 0 Å². The minimum atomic E-state index is 0.405. The molecule has 0 radical (unpaired) electrons. The van der Waals surface area contributed by atoms with E-state index in [2.05, 4.69) is 60.9 Å². The number of anilines is 1. The van der Waals surface area contributed by atoms with Gasteiger partial charge in [0.25, 0.3) is 0 Å². The van der Waals surface area contributed by atoms with Crippen LogP contribution >= 0.6 is 11.3 Å². The van der Waals surface area contributed by atoms with Crippen LogP contribution in [0.3, 0.4) is 0 Å². The Morgan fingerprint density at radius 3 is 2.68 bits per heavy atom. The number of para-hydroxylation sites is 1. The topological polar surface area (TPSA) is 12.0 Å². The van der Waals surface area contributed by atoms with Crippen molar-refractivity contribution in [2.45, 2.75) is 39.2 Å². The Balaban J connectivity index is 1.89. The molecule has 2 heteroatoms. The fourth-order valence-corrected chi connectivity index (χ4v) is 3.80. The third kappa shape index (κ3) is 2.55. The highest BCUT2D eigenvalue weighted by atomic mass is 32.1. The van der Waals surface area contributed by atoms with E-state index in [0.29, 0.717) is 11.5 Å². The Kier molecular flexibility index (Phi) is 3.36. The number of hydrogen-bond donors (Lipinski definition) is 1. The molecular weight excluding hydrogens is 250 g/mol. The lowest BCUT2D eigenvalue weighted by molar-refractivity contribution is 0.350. The normalized spacial score (nSPS) is 21.5. The molecule has 3 rings (SSSR count). The van der Waals surface area contributed by atoms with Gasteiger partial charge in [-0.05, 0) is 35.8 Å². The van der Waals surface area contributed by atoms with Crippen LogP contribution in [0.25, 0.3) is 10.4 Å². The lowest BCUT2D eigenvalue weighted by atomic mass is 9.87. The molecule has 0 spiro atoms. The van der Waals surface area contributed by atoms with Crippen LogP contribution in [0.1, 0.15) is 33.1 Å². The van der Waals surface area contributed by atoms with Crippen LogP contribution in [0.4, 0.5) is 5.69 Å². The maximum absolute atomic E-state index is 3.79. The van der Waals surface area contributed by atoms with Gasteiger partial charge in [0, 0.05) is 22.2 Å². The van der Waals surface area contributed by atoms with Gasteiger partial charge in [-0.3, -0.25) is 0 Å². The van der Waals surface area contributed by atoms with Crippen molar-refractivity contribution in [2.24, 2.45) is 5.41 Å². The molecule has 1 aromatic heterocycles. The molecule has 1 aromatic carbocycles. The summed E-state index contributed by atoms with van der Waals surface area (Å²) in [5, 5.41) is 5.94. The lowest BCUT2D eigenvalue weighted by Gasteiger charge is -2.29. The first-order chi connectivity index (χ1) is 9.17. The van der Waals surface area contributed by atoms with Crippen LogP contribution in [0.2, 0.25) is 0 Å². The summed E-state index contributed by atoms with van der Waals surface area (Å²) in [5.41, 5.74) is 3.02. The van der Waals surface area contributed by atoms with E-state index in [4.69, 9.17) is 0 Å². The molecule has 1 N–H and O–H groups in total. The zero-order valence-electron chi connectivity index (χ0n) is 11.6. The minimum Gasteiger partial charge on any atom is -0.381 e. The average molecular weight is 271 g/mol. The van der Waals surface area contributed by atoms with Gasteiger partial charge in [-0.15, -0.1) is 11.3 Å². The van der Waals surface area contributed by atoms with Crippen molar-refractivity contribution in [3.63, 3.8) is 0 Å². The highest BCUT2D eigenvalue weighted by Gasteiger charge is 2.34. The van der Waals surface area contributed by atoms with Crippen molar-refractivity contribution in [3.8, 4) is 10.4 Å². The Morgan fingerprint density at radius 1 is 1.16 bits per heavy atom. The van der Waals surface area contributed by atoms with E-state index in [1.165, 1.54) is 35.4 Å². The monoisotopic (exact) mass is 271 g/mol. The van der Waals surface area contributed by atoms with E-state index in [-0.39, 0.29) is 0 Å². The number of rotatable bonds is 3. The Hall–Kier alpha value is -1.28. The van der Waals surface area contributed by atoms with Crippen LogP contribution in [0.15, 0.2) is 41.8 Å². The van der Waals surface area contributed by atoms with E-state index in [1.807, 2.05) is 11.3 Å².